The Morgan fingerprint density at radius 1 is 1.14 bits per heavy atom. The second-order valence-electron chi connectivity index (χ2n) is 5.06. The number of pyridine rings is 1. The van der Waals surface area contributed by atoms with Gasteiger partial charge in [-0.25, -0.2) is 9.67 Å². The van der Waals surface area contributed by atoms with Crippen LogP contribution in [0.1, 0.15) is 21.5 Å². The summed E-state index contributed by atoms with van der Waals surface area (Å²) in [7, 11) is 0. The first-order chi connectivity index (χ1) is 10.6. The maximum atomic E-state index is 12.3. The molecule has 3 rings (SSSR count). The molecule has 0 aliphatic carbocycles. The topological polar surface area (TPSA) is 59.8 Å². The summed E-state index contributed by atoms with van der Waals surface area (Å²) >= 11 is 0. The van der Waals surface area contributed by atoms with Crippen molar-refractivity contribution < 1.29 is 4.79 Å². The number of nitrogens with one attached hydrogen (secondary N) is 1. The molecule has 2 aromatic heterocycles. The lowest BCUT2D eigenvalue weighted by Crippen LogP contribution is -2.13. The van der Waals surface area contributed by atoms with E-state index in [1.165, 1.54) is 0 Å². The second kappa shape index (κ2) is 5.81. The molecule has 0 unspecified atom stereocenters. The molecule has 2 heterocycles. The summed E-state index contributed by atoms with van der Waals surface area (Å²) < 4.78 is 1.65. The van der Waals surface area contributed by atoms with Gasteiger partial charge < -0.3 is 5.32 Å². The molecule has 0 aliphatic rings. The fourth-order valence-corrected chi connectivity index (χ4v) is 2.14. The van der Waals surface area contributed by atoms with E-state index in [1.54, 1.807) is 35.4 Å². The minimum absolute atomic E-state index is 0.173. The van der Waals surface area contributed by atoms with Gasteiger partial charge in [-0.2, -0.15) is 5.10 Å². The molecule has 3 aromatic rings. The van der Waals surface area contributed by atoms with Crippen molar-refractivity contribution in [2.24, 2.45) is 0 Å². The number of amides is 1. The number of carbonyl (C=O) groups excluding carboxylic acids is 1. The van der Waals surface area contributed by atoms with Gasteiger partial charge in [0, 0.05) is 24.3 Å². The summed E-state index contributed by atoms with van der Waals surface area (Å²) in [5, 5.41) is 7.02. The lowest BCUT2D eigenvalue weighted by atomic mass is 10.1. The van der Waals surface area contributed by atoms with E-state index in [4.69, 9.17) is 0 Å². The van der Waals surface area contributed by atoms with E-state index in [0.717, 1.165) is 16.8 Å². The molecular weight excluding hydrogens is 276 g/mol. The van der Waals surface area contributed by atoms with E-state index in [-0.39, 0.29) is 5.91 Å². The Kier molecular flexibility index (Phi) is 3.70. The molecule has 22 heavy (non-hydrogen) atoms. The third-order valence-electron chi connectivity index (χ3n) is 3.60. The Bertz CT molecular complexity index is 792. The maximum Gasteiger partial charge on any atom is 0.257 e. The molecule has 0 radical (unpaired) electrons. The van der Waals surface area contributed by atoms with Crippen LogP contribution in [-0.2, 0) is 0 Å². The van der Waals surface area contributed by atoms with Crippen LogP contribution >= 0.6 is 0 Å². The lowest BCUT2D eigenvalue weighted by molar-refractivity contribution is 0.102. The van der Waals surface area contributed by atoms with Crippen LogP contribution in [0.3, 0.4) is 0 Å². The molecule has 1 aromatic carbocycles. The number of benzene rings is 1. The fourth-order valence-electron chi connectivity index (χ4n) is 2.14. The van der Waals surface area contributed by atoms with Crippen LogP contribution in [0.2, 0.25) is 0 Å². The molecule has 1 N–H and O–H groups in total. The highest BCUT2D eigenvalue weighted by Crippen LogP contribution is 2.18. The minimum Gasteiger partial charge on any atom is -0.322 e. The Hall–Kier alpha value is -2.95. The van der Waals surface area contributed by atoms with E-state index in [9.17, 15) is 4.79 Å². The number of carbonyl (C=O) groups is 1. The Morgan fingerprint density at radius 2 is 2.00 bits per heavy atom. The zero-order valence-corrected chi connectivity index (χ0v) is 12.4. The van der Waals surface area contributed by atoms with Crippen LogP contribution in [0, 0.1) is 13.8 Å². The van der Waals surface area contributed by atoms with Crippen molar-refractivity contribution in [2.45, 2.75) is 13.8 Å². The van der Waals surface area contributed by atoms with Crippen molar-refractivity contribution in [3.63, 3.8) is 0 Å². The highest BCUT2D eigenvalue weighted by atomic mass is 16.1. The lowest BCUT2D eigenvalue weighted by Gasteiger charge is -2.10. The van der Waals surface area contributed by atoms with Crippen molar-refractivity contribution in [1.29, 1.82) is 0 Å². The predicted molar refractivity (Wildman–Crippen MR) is 85.2 cm³/mol. The molecule has 1 amide bonds. The Morgan fingerprint density at radius 3 is 2.68 bits per heavy atom. The average Bonchev–Trinajstić information content (AvgIpc) is 3.06. The number of anilines is 1. The van der Waals surface area contributed by atoms with Crippen LogP contribution in [0.25, 0.3) is 5.82 Å². The van der Waals surface area contributed by atoms with Crippen LogP contribution in [0.15, 0.2) is 55.0 Å². The standard InChI is InChI=1S/C17H16N4O/c1-12-5-3-6-15(13(12)2)20-17(22)14-7-8-16(18-11-14)21-10-4-9-19-21/h3-11H,1-2H3,(H,20,22). The van der Waals surface area contributed by atoms with Gasteiger partial charge in [-0.05, 0) is 49.2 Å². The van der Waals surface area contributed by atoms with E-state index < -0.39 is 0 Å². The molecule has 110 valence electrons. The summed E-state index contributed by atoms with van der Waals surface area (Å²) in [4.78, 5) is 16.6. The first-order valence-electron chi connectivity index (χ1n) is 6.99. The van der Waals surface area contributed by atoms with Crippen molar-refractivity contribution in [3.05, 3.63) is 71.7 Å². The van der Waals surface area contributed by atoms with Gasteiger partial charge in [0.2, 0.25) is 0 Å². The Balaban J connectivity index is 1.79. The predicted octanol–water partition coefficient (Wildman–Crippen LogP) is 3.14. The molecule has 0 saturated carbocycles. The van der Waals surface area contributed by atoms with Crippen molar-refractivity contribution in [1.82, 2.24) is 14.8 Å². The fraction of sp³-hybridized carbons (Fsp3) is 0.118. The van der Waals surface area contributed by atoms with E-state index in [0.29, 0.717) is 11.4 Å². The summed E-state index contributed by atoms with van der Waals surface area (Å²) in [6.07, 6.45) is 5.04. The average molecular weight is 292 g/mol. The van der Waals surface area contributed by atoms with Gasteiger partial charge in [0.15, 0.2) is 5.82 Å². The van der Waals surface area contributed by atoms with Crippen LogP contribution in [0.5, 0.6) is 0 Å². The number of aryl methyl sites for hydroxylation is 1. The summed E-state index contributed by atoms with van der Waals surface area (Å²) in [5.41, 5.74) is 3.54. The van der Waals surface area contributed by atoms with Crippen LogP contribution < -0.4 is 5.32 Å². The zero-order chi connectivity index (χ0) is 15.5. The van der Waals surface area contributed by atoms with Crippen LogP contribution in [-0.4, -0.2) is 20.7 Å². The van der Waals surface area contributed by atoms with Crippen molar-refractivity contribution in [2.75, 3.05) is 5.32 Å². The van der Waals surface area contributed by atoms with Gasteiger partial charge in [-0.15, -0.1) is 0 Å². The van der Waals surface area contributed by atoms with Crippen molar-refractivity contribution >= 4 is 11.6 Å². The molecule has 0 atom stereocenters. The van der Waals surface area contributed by atoms with Gasteiger partial charge in [-0.1, -0.05) is 12.1 Å². The highest BCUT2D eigenvalue weighted by molar-refractivity contribution is 6.04. The normalized spacial score (nSPS) is 10.5. The quantitative estimate of drug-likeness (QED) is 0.806. The monoisotopic (exact) mass is 292 g/mol. The SMILES string of the molecule is Cc1cccc(NC(=O)c2ccc(-n3cccn3)nc2)c1C. The summed E-state index contributed by atoms with van der Waals surface area (Å²) in [6.45, 7) is 4.01. The summed E-state index contributed by atoms with van der Waals surface area (Å²) in [6, 6.07) is 11.2. The number of aromatic nitrogens is 3. The van der Waals surface area contributed by atoms with Gasteiger partial charge >= 0.3 is 0 Å². The minimum atomic E-state index is -0.173. The van der Waals surface area contributed by atoms with E-state index in [1.807, 2.05) is 38.1 Å². The number of hydrogen-bond acceptors (Lipinski definition) is 3. The van der Waals surface area contributed by atoms with Gasteiger partial charge in [-0.3, -0.25) is 4.79 Å². The smallest absolute Gasteiger partial charge is 0.257 e. The molecule has 0 saturated heterocycles. The van der Waals surface area contributed by atoms with Gasteiger partial charge in [0.05, 0.1) is 5.56 Å². The summed E-state index contributed by atoms with van der Waals surface area (Å²) in [5.74, 6) is 0.501. The second-order valence-corrected chi connectivity index (χ2v) is 5.06. The number of rotatable bonds is 3. The Labute approximate surface area is 128 Å². The van der Waals surface area contributed by atoms with Crippen LogP contribution in [0.4, 0.5) is 5.69 Å². The zero-order valence-electron chi connectivity index (χ0n) is 12.4. The van der Waals surface area contributed by atoms with E-state index >= 15 is 0 Å². The van der Waals surface area contributed by atoms with Gasteiger partial charge in [0.25, 0.3) is 5.91 Å². The molecule has 0 spiro atoms. The number of hydrogen-bond donors (Lipinski definition) is 1. The molecule has 0 bridgehead atoms. The first-order valence-corrected chi connectivity index (χ1v) is 6.99. The highest BCUT2D eigenvalue weighted by Gasteiger charge is 2.09. The third kappa shape index (κ3) is 2.74. The van der Waals surface area contributed by atoms with Crippen molar-refractivity contribution in [3.8, 4) is 5.82 Å². The molecule has 5 heteroatoms. The molecule has 5 nitrogen and oxygen atoms in total. The van der Waals surface area contributed by atoms with Gasteiger partial charge in [0.1, 0.15) is 0 Å². The first kappa shape index (κ1) is 14.0. The maximum absolute atomic E-state index is 12.3. The number of nitrogens with zero attached hydrogens (tertiary/aromatic N) is 3. The van der Waals surface area contributed by atoms with E-state index in [2.05, 4.69) is 15.4 Å². The third-order valence-corrected chi connectivity index (χ3v) is 3.60. The molecule has 0 fully saturated rings. The molecular formula is C17H16N4O. The largest absolute Gasteiger partial charge is 0.322 e. The molecule has 0 aliphatic heterocycles.